The van der Waals surface area contributed by atoms with Gasteiger partial charge in [0.15, 0.2) is 0 Å². The van der Waals surface area contributed by atoms with Gasteiger partial charge in [-0.2, -0.15) is 0 Å². The number of nitro groups is 1. The zero-order valence-corrected chi connectivity index (χ0v) is 16.1. The molecule has 6 nitrogen and oxygen atoms in total. The zero-order chi connectivity index (χ0) is 21.5. The summed E-state index contributed by atoms with van der Waals surface area (Å²) >= 11 is 0. The molecule has 0 saturated carbocycles. The second-order valence-electron chi connectivity index (χ2n) is 8.14. The van der Waals surface area contributed by atoms with Crippen LogP contribution in [0, 0.1) is 27.8 Å². The highest BCUT2D eigenvalue weighted by atomic mass is 19.1. The number of para-hydroxylation sites is 1. The van der Waals surface area contributed by atoms with Crippen LogP contribution in [-0.4, -0.2) is 16.7 Å². The lowest BCUT2D eigenvalue weighted by molar-refractivity contribution is -0.578. The number of benzene rings is 3. The highest BCUT2D eigenvalue weighted by Gasteiger charge is 2.74. The maximum absolute atomic E-state index is 14.6. The van der Waals surface area contributed by atoms with Crippen LogP contribution in [0.5, 0.6) is 0 Å². The summed E-state index contributed by atoms with van der Waals surface area (Å²) in [5.74, 6) is -4.77. The molecule has 1 saturated heterocycles. The molecule has 1 heterocycles. The fourth-order valence-corrected chi connectivity index (χ4v) is 5.91. The molecule has 3 aromatic rings. The highest BCUT2D eigenvalue weighted by Crippen LogP contribution is 2.64. The number of rotatable bonds is 2. The average molecular weight is 414 g/mol. The first-order valence-electron chi connectivity index (χ1n) is 9.95. The molecule has 2 atom stereocenters. The summed E-state index contributed by atoms with van der Waals surface area (Å²) in [5, 5.41) is 12.8. The van der Waals surface area contributed by atoms with Crippen molar-refractivity contribution in [1.82, 2.24) is 0 Å². The number of anilines is 1. The zero-order valence-electron chi connectivity index (χ0n) is 16.1. The number of halogens is 1. The first-order valence-corrected chi connectivity index (χ1v) is 9.95. The summed E-state index contributed by atoms with van der Waals surface area (Å²) in [6.45, 7) is 0. The molecule has 7 heteroatoms. The van der Waals surface area contributed by atoms with Crippen LogP contribution in [0.2, 0.25) is 0 Å². The third-order valence-corrected chi connectivity index (χ3v) is 6.95. The Bertz CT molecular complexity index is 1270. The van der Waals surface area contributed by atoms with Crippen LogP contribution in [0.3, 0.4) is 0 Å². The van der Waals surface area contributed by atoms with E-state index >= 15 is 0 Å². The quantitative estimate of drug-likeness (QED) is 0.365. The van der Waals surface area contributed by atoms with Gasteiger partial charge in [0.25, 0.3) is 5.54 Å². The average Bonchev–Trinajstić information content (AvgIpc) is 3.05. The Morgan fingerprint density at radius 2 is 1.39 bits per heavy atom. The molecule has 4 aliphatic rings. The van der Waals surface area contributed by atoms with Gasteiger partial charge in [0.05, 0.1) is 11.6 Å². The van der Waals surface area contributed by atoms with E-state index in [1.165, 1.54) is 24.3 Å². The van der Waals surface area contributed by atoms with Crippen LogP contribution in [0.25, 0.3) is 0 Å². The fourth-order valence-electron chi connectivity index (χ4n) is 5.91. The number of carbonyl (C=O) groups excluding carboxylic acids is 2. The van der Waals surface area contributed by atoms with Gasteiger partial charge in [-0.25, -0.2) is 9.29 Å². The van der Waals surface area contributed by atoms with Crippen LogP contribution in [0.1, 0.15) is 28.2 Å². The fraction of sp³-hybridized carbons (Fsp3) is 0.167. The van der Waals surface area contributed by atoms with Gasteiger partial charge < -0.3 is 0 Å². The lowest BCUT2D eigenvalue weighted by Crippen LogP contribution is -2.57. The predicted octanol–water partition coefficient (Wildman–Crippen LogP) is 3.61. The van der Waals surface area contributed by atoms with E-state index in [0.29, 0.717) is 22.3 Å². The minimum atomic E-state index is -1.90. The van der Waals surface area contributed by atoms with Gasteiger partial charge in [0, 0.05) is 22.0 Å². The van der Waals surface area contributed by atoms with Crippen LogP contribution in [-0.2, 0) is 15.1 Å². The minimum absolute atomic E-state index is 0.169. The van der Waals surface area contributed by atoms with Gasteiger partial charge in [-0.05, 0) is 23.3 Å². The first kappa shape index (κ1) is 17.9. The number of nitrogens with zero attached hydrogens (tertiary/aromatic N) is 2. The largest absolute Gasteiger partial charge is 0.285 e. The Labute approximate surface area is 176 Å². The molecule has 2 bridgehead atoms. The molecule has 152 valence electrons. The summed E-state index contributed by atoms with van der Waals surface area (Å²) in [6, 6.07) is 19.4. The molecule has 0 radical (unpaired) electrons. The van der Waals surface area contributed by atoms with E-state index in [-0.39, 0.29) is 5.69 Å². The van der Waals surface area contributed by atoms with Gasteiger partial charge >= 0.3 is 0 Å². The van der Waals surface area contributed by atoms with Crippen LogP contribution in [0.15, 0.2) is 72.8 Å². The number of amides is 2. The number of hydrogen-bond acceptors (Lipinski definition) is 4. The van der Waals surface area contributed by atoms with Crippen LogP contribution < -0.4 is 4.90 Å². The summed E-state index contributed by atoms with van der Waals surface area (Å²) in [6.07, 6.45) is 0. The summed E-state index contributed by atoms with van der Waals surface area (Å²) in [4.78, 5) is 40.4. The molecule has 7 rings (SSSR count). The molecule has 3 aliphatic carbocycles. The number of imide groups is 1. The number of hydrogen-bond donors (Lipinski definition) is 0. The van der Waals surface area contributed by atoms with Gasteiger partial charge in [-0.15, -0.1) is 0 Å². The maximum Gasteiger partial charge on any atom is 0.285 e. The third-order valence-electron chi connectivity index (χ3n) is 6.95. The SMILES string of the molecule is O=C1[C@@H]2C3c4ccccc4C([N+](=O)[O-])(c4ccccc43)[C@@H]2C(=O)N1c1ccccc1F. The molecule has 2 amide bonds. The Morgan fingerprint density at radius 1 is 0.839 bits per heavy atom. The molecule has 3 aromatic carbocycles. The smallest absolute Gasteiger partial charge is 0.274 e. The van der Waals surface area contributed by atoms with Crippen molar-refractivity contribution in [2.45, 2.75) is 11.5 Å². The van der Waals surface area contributed by atoms with E-state index < -0.39 is 45.8 Å². The maximum atomic E-state index is 14.6. The summed E-state index contributed by atoms with van der Waals surface area (Å²) in [7, 11) is 0. The van der Waals surface area contributed by atoms with E-state index in [9.17, 15) is 24.1 Å². The lowest BCUT2D eigenvalue weighted by Gasteiger charge is -2.48. The molecular formula is C24H15FN2O4. The van der Waals surface area contributed by atoms with Gasteiger partial charge in [0.1, 0.15) is 11.7 Å². The Morgan fingerprint density at radius 3 is 1.97 bits per heavy atom. The van der Waals surface area contributed by atoms with Gasteiger partial charge in [-0.3, -0.25) is 19.7 Å². The molecule has 31 heavy (non-hydrogen) atoms. The van der Waals surface area contributed by atoms with E-state index in [1.807, 2.05) is 0 Å². The Balaban J connectivity index is 1.69. The lowest BCUT2D eigenvalue weighted by atomic mass is 9.51. The Hall–Kier alpha value is -3.87. The van der Waals surface area contributed by atoms with Crippen molar-refractivity contribution in [2.24, 2.45) is 11.8 Å². The topological polar surface area (TPSA) is 80.5 Å². The normalized spacial score (nSPS) is 27.6. The van der Waals surface area contributed by atoms with Crippen molar-refractivity contribution >= 4 is 17.5 Å². The molecular weight excluding hydrogens is 399 g/mol. The predicted molar refractivity (Wildman–Crippen MR) is 108 cm³/mol. The van der Waals surface area contributed by atoms with Crippen LogP contribution in [0.4, 0.5) is 10.1 Å². The van der Waals surface area contributed by atoms with E-state index in [0.717, 1.165) is 4.90 Å². The molecule has 0 unspecified atom stereocenters. The molecule has 0 spiro atoms. The van der Waals surface area contributed by atoms with E-state index in [4.69, 9.17) is 0 Å². The molecule has 1 fully saturated rings. The first-order chi connectivity index (χ1) is 15.0. The van der Waals surface area contributed by atoms with Gasteiger partial charge in [0.2, 0.25) is 11.8 Å². The summed E-state index contributed by atoms with van der Waals surface area (Å²) in [5.41, 5.74) is 0.145. The van der Waals surface area contributed by atoms with Crippen molar-refractivity contribution in [1.29, 1.82) is 0 Å². The molecule has 0 N–H and O–H groups in total. The van der Waals surface area contributed by atoms with Crippen LogP contribution >= 0.6 is 0 Å². The van der Waals surface area contributed by atoms with E-state index in [1.54, 1.807) is 48.5 Å². The second-order valence-corrected chi connectivity index (χ2v) is 8.14. The monoisotopic (exact) mass is 414 g/mol. The number of carbonyl (C=O) groups is 2. The van der Waals surface area contributed by atoms with Crippen molar-refractivity contribution in [3.05, 3.63) is 111 Å². The molecule has 0 aromatic heterocycles. The van der Waals surface area contributed by atoms with Gasteiger partial charge in [-0.1, -0.05) is 60.7 Å². The molecule has 1 aliphatic heterocycles. The third kappa shape index (κ3) is 1.92. The van der Waals surface area contributed by atoms with Crippen molar-refractivity contribution in [3.63, 3.8) is 0 Å². The Kier molecular flexibility index (Phi) is 3.38. The van der Waals surface area contributed by atoms with Crippen molar-refractivity contribution in [3.8, 4) is 0 Å². The van der Waals surface area contributed by atoms with Crippen molar-refractivity contribution < 1.29 is 18.9 Å². The van der Waals surface area contributed by atoms with E-state index in [2.05, 4.69) is 0 Å². The standard InChI is InChI=1S/C24H15FN2O4/c25-17-11-5-6-12-18(17)26-22(28)20-19-13-7-1-3-9-15(13)24(27(30)31,21(20)23(26)29)16-10-4-2-8-14(16)19/h1-12,19-21H/t19?,20-,21+,24?/m1/s1. The highest BCUT2D eigenvalue weighted by molar-refractivity contribution is 6.23. The second kappa shape index (κ2) is 5.85. The summed E-state index contributed by atoms with van der Waals surface area (Å²) < 4.78 is 14.6. The minimum Gasteiger partial charge on any atom is -0.274 e. The van der Waals surface area contributed by atoms with Crippen molar-refractivity contribution in [2.75, 3.05) is 4.90 Å².